The quantitative estimate of drug-likeness (QED) is 0.482. The third-order valence-electron chi connectivity index (χ3n) is 4.66. The van der Waals surface area contributed by atoms with Crippen LogP contribution in [0.2, 0.25) is 0 Å². The molecule has 0 bridgehead atoms. The van der Waals surface area contributed by atoms with Gasteiger partial charge in [0.2, 0.25) is 0 Å². The molecule has 1 rings (SSSR count). The summed E-state index contributed by atoms with van der Waals surface area (Å²) in [7, 11) is 0. The number of carbonyl (C=O) groups excluding carboxylic acids is 1. The second-order valence-corrected chi connectivity index (χ2v) is 6.59. The van der Waals surface area contributed by atoms with E-state index in [2.05, 4.69) is 0 Å². The molecule has 0 aliphatic carbocycles. The summed E-state index contributed by atoms with van der Waals surface area (Å²) in [6, 6.07) is 0. The first-order chi connectivity index (χ1) is 12.1. The summed E-state index contributed by atoms with van der Waals surface area (Å²) in [4.78, 5) is 45.0. The summed E-state index contributed by atoms with van der Waals surface area (Å²) in [6.07, 6.45) is -1.20. The van der Waals surface area contributed by atoms with Gasteiger partial charge in [0.25, 0.3) is 0 Å². The van der Waals surface area contributed by atoms with Crippen molar-refractivity contribution < 1.29 is 44.0 Å². The highest BCUT2D eigenvalue weighted by Crippen LogP contribution is 2.42. The van der Waals surface area contributed by atoms with Gasteiger partial charge >= 0.3 is 23.9 Å². The Morgan fingerprint density at radius 1 is 0.846 bits per heavy atom. The summed E-state index contributed by atoms with van der Waals surface area (Å²) in [6.45, 7) is 2.90. The number of esters is 1. The Bertz CT molecular complexity index is 530. The highest BCUT2D eigenvalue weighted by atomic mass is 16.6. The summed E-state index contributed by atoms with van der Waals surface area (Å²) in [5, 5.41) is 27.7. The number of hydrogen-bond donors (Lipinski definition) is 3. The Morgan fingerprint density at radius 3 is 1.73 bits per heavy atom. The van der Waals surface area contributed by atoms with Crippen molar-refractivity contribution in [3.05, 3.63) is 0 Å². The molecule has 1 saturated heterocycles. The van der Waals surface area contributed by atoms with Crippen LogP contribution in [0.15, 0.2) is 0 Å². The van der Waals surface area contributed by atoms with Gasteiger partial charge in [-0.15, -0.1) is 0 Å². The van der Waals surface area contributed by atoms with Crippen molar-refractivity contribution >= 4 is 23.9 Å². The molecule has 0 saturated carbocycles. The zero-order chi connectivity index (χ0) is 19.9. The highest BCUT2D eigenvalue weighted by molar-refractivity contribution is 5.70. The van der Waals surface area contributed by atoms with Crippen LogP contribution in [0.5, 0.6) is 0 Å². The lowest BCUT2D eigenvalue weighted by Crippen LogP contribution is -2.51. The molecule has 0 unspecified atom stereocenters. The Balaban J connectivity index is 3.22. The second-order valence-electron chi connectivity index (χ2n) is 6.59. The van der Waals surface area contributed by atoms with Gasteiger partial charge in [0.05, 0.1) is 25.0 Å². The number of rotatable bonds is 10. The minimum Gasteiger partial charge on any atom is -0.481 e. The second kappa shape index (κ2) is 10.1. The van der Waals surface area contributed by atoms with Gasteiger partial charge in [0.15, 0.2) is 0 Å². The normalized spacial score (nSPS) is 28.3. The Kier molecular flexibility index (Phi) is 8.50. The van der Waals surface area contributed by atoms with Crippen LogP contribution in [-0.4, -0.2) is 58.0 Å². The third-order valence-corrected chi connectivity index (χ3v) is 4.66. The maximum absolute atomic E-state index is 11.3. The molecule has 0 spiro atoms. The van der Waals surface area contributed by atoms with Crippen LogP contribution in [0.25, 0.3) is 0 Å². The van der Waals surface area contributed by atoms with E-state index in [1.165, 1.54) is 6.92 Å². The molecule has 5 atom stereocenters. The molecule has 0 aromatic carbocycles. The van der Waals surface area contributed by atoms with Crippen LogP contribution >= 0.6 is 0 Å². The van der Waals surface area contributed by atoms with Crippen molar-refractivity contribution in [3.63, 3.8) is 0 Å². The van der Waals surface area contributed by atoms with Gasteiger partial charge in [-0.1, -0.05) is 13.3 Å². The molecule has 9 nitrogen and oxygen atoms in total. The molecule has 1 aliphatic rings. The topological polar surface area (TPSA) is 147 Å². The van der Waals surface area contributed by atoms with E-state index in [4.69, 9.17) is 9.47 Å². The fourth-order valence-electron chi connectivity index (χ4n) is 3.70. The van der Waals surface area contributed by atoms with Crippen molar-refractivity contribution in [1.29, 1.82) is 0 Å². The molecule has 1 heterocycles. The van der Waals surface area contributed by atoms with E-state index in [1.807, 2.05) is 6.92 Å². The summed E-state index contributed by atoms with van der Waals surface area (Å²) < 4.78 is 10.9. The summed E-state index contributed by atoms with van der Waals surface area (Å²) in [5.74, 6) is -6.03. The molecular weight excluding hydrogens is 348 g/mol. The average Bonchev–Trinajstić information content (AvgIpc) is 2.50. The van der Waals surface area contributed by atoms with Crippen molar-refractivity contribution in [3.8, 4) is 0 Å². The Labute approximate surface area is 151 Å². The number of hydrogen-bond acceptors (Lipinski definition) is 6. The van der Waals surface area contributed by atoms with E-state index >= 15 is 0 Å². The first kappa shape index (κ1) is 21.9. The highest BCUT2D eigenvalue weighted by Gasteiger charge is 2.47. The number of carboxylic acid groups (broad SMARTS) is 3. The van der Waals surface area contributed by atoms with Crippen LogP contribution in [0, 0.1) is 17.8 Å². The molecule has 3 N–H and O–H groups in total. The SMILES string of the molecule is CCC[C@H]1O[C@@H](COC(C)=O)[C@H](CC(=O)O)[C@H](CC(=O)O)[C@@H]1CC(=O)O. The molecule has 1 aliphatic heterocycles. The van der Waals surface area contributed by atoms with E-state index in [-0.39, 0.29) is 19.4 Å². The van der Waals surface area contributed by atoms with Gasteiger partial charge in [0, 0.05) is 19.3 Å². The first-order valence-electron chi connectivity index (χ1n) is 8.59. The molecule has 0 aromatic heterocycles. The summed E-state index contributed by atoms with van der Waals surface area (Å²) in [5.41, 5.74) is 0. The van der Waals surface area contributed by atoms with Gasteiger partial charge in [-0.2, -0.15) is 0 Å². The third kappa shape index (κ3) is 6.62. The van der Waals surface area contributed by atoms with Gasteiger partial charge in [0.1, 0.15) is 6.61 Å². The van der Waals surface area contributed by atoms with Crippen LogP contribution in [0.3, 0.4) is 0 Å². The molecule has 148 valence electrons. The molecule has 9 heteroatoms. The number of carbonyl (C=O) groups is 4. The minimum absolute atomic E-state index is 0.191. The number of aliphatic carboxylic acids is 3. The average molecular weight is 374 g/mol. The van der Waals surface area contributed by atoms with Crippen molar-refractivity contribution in [1.82, 2.24) is 0 Å². The van der Waals surface area contributed by atoms with Crippen molar-refractivity contribution in [2.75, 3.05) is 6.61 Å². The fourth-order valence-corrected chi connectivity index (χ4v) is 3.70. The monoisotopic (exact) mass is 374 g/mol. The Morgan fingerprint density at radius 2 is 1.31 bits per heavy atom. The van der Waals surface area contributed by atoms with Crippen molar-refractivity contribution in [2.24, 2.45) is 17.8 Å². The molecule has 0 radical (unpaired) electrons. The minimum atomic E-state index is -1.15. The van der Waals surface area contributed by atoms with Crippen LogP contribution in [-0.2, 0) is 28.7 Å². The fraction of sp³-hybridized carbons (Fsp3) is 0.765. The maximum Gasteiger partial charge on any atom is 0.303 e. The lowest BCUT2D eigenvalue weighted by molar-refractivity contribution is -0.188. The smallest absolute Gasteiger partial charge is 0.303 e. The van der Waals surface area contributed by atoms with E-state index in [0.29, 0.717) is 12.8 Å². The predicted octanol–water partition coefficient (Wildman–Crippen LogP) is 1.39. The maximum atomic E-state index is 11.3. The van der Waals surface area contributed by atoms with Crippen molar-refractivity contribution in [2.45, 2.75) is 58.2 Å². The van der Waals surface area contributed by atoms with Crippen LogP contribution in [0.1, 0.15) is 46.0 Å². The van der Waals surface area contributed by atoms with Gasteiger partial charge in [-0.25, -0.2) is 0 Å². The first-order valence-corrected chi connectivity index (χ1v) is 8.59. The molecule has 1 fully saturated rings. The van der Waals surface area contributed by atoms with Gasteiger partial charge in [-0.3, -0.25) is 19.2 Å². The lowest BCUT2D eigenvalue weighted by atomic mass is 9.68. The standard InChI is InChI=1S/C17H26O9/c1-3-4-13-11(6-16(21)22)10(5-15(19)20)12(7-17(23)24)14(26-13)8-25-9(2)18/h10-14H,3-8H2,1-2H3,(H,19,20)(H,21,22)(H,23,24)/t10-,11+,12-,13-,14+/m1/s1. The van der Waals surface area contributed by atoms with Crippen LogP contribution < -0.4 is 0 Å². The van der Waals surface area contributed by atoms with Gasteiger partial charge in [-0.05, 0) is 18.3 Å². The largest absolute Gasteiger partial charge is 0.481 e. The number of carboxylic acids is 3. The summed E-state index contributed by atoms with van der Waals surface area (Å²) >= 11 is 0. The van der Waals surface area contributed by atoms with Gasteiger partial charge < -0.3 is 24.8 Å². The predicted molar refractivity (Wildman–Crippen MR) is 87.4 cm³/mol. The van der Waals surface area contributed by atoms with E-state index < -0.39 is 60.3 Å². The number of ether oxygens (including phenoxy) is 2. The van der Waals surface area contributed by atoms with E-state index in [9.17, 15) is 34.5 Å². The van der Waals surface area contributed by atoms with E-state index in [0.717, 1.165) is 0 Å². The molecule has 0 aromatic rings. The zero-order valence-electron chi connectivity index (χ0n) is 14.9. The molecule has 26 heavy (non-hydrogen) atoms. The van der Waals surface area contributed by atoms with E-state index in [1.54, 1.807) is 0 Å². The van der Waals surface area contributed by atoms with Crippen LogP contribution in [0.4, 0.5) is 0 Å². The molecular formula is C17H26O9. The lowest BCUT2D eigenvalue weighted by Gasteiger charge is -2.46. The Hall–Kier alpha value is -2.16. The molecule has 0 amide bonds. The zero-order valence-corrected chi connectivity index (χ0v) is 14.9.